The molecule has 1 amide bonds. The molecule has 0 N–H and O–H groups in total. The highest BCUT2D eigenvalue weighted by Gasteiger charge is 2.28. The molecule has 1 atom stereocenters. The number of nitrogens with zero attached hydrogens (tertiary/aromatic N) is 1. The number of benzene rings is 2. The Balaban J connectivity index is 1.77. The number of rotatable bonds is 5. The van der Waals surface area contributed by atoms with Crippen molar-refractivity contribution in [3.05, 3.63) is 58.6 Å². The van der Waals surface area contributed by atoms with E-state index in [1.165, 1.54) is 0 Å². The standard InChI is InChI=1S/C19H20ClNO4/c1-23-16-8-5-14(17(9-16)24-2)10-21-11-18(25-12-19(21)22)13-3-6-15(20)7-4-13/h3-9,18H,10-12H2,1-2H3/t18-/m0/s1. The van der Waals surface area contributed by atoms with Crippen LogP contribution in [0.25, 0.3) is 0 Å². The van der Waals surface area contributed by atoms with Gasteiger partial charge < -0.3 is 19.1 Å². The molecule has 132 valence electrons. The molecule has 0 unspecified atom stereocenters. The topological polar surface area (TPSA) is 48.0 Å². The minimum atomic E-state index is -0.167. The largest absolute Gasteiger partial charge is 0.497 e. The van der Waals surface area contributed by atoms with Gasteiger partial charge in [-0.1, -0.05) is 23.7 Å². The van der Waals surface area contributed by atoms with E-state index in [2.05, 4.69) is 0 Å². The van der Waals surface area contributed by atoms with Crippen molar-refractivity contribution < 1.29 is 19.0 Å². The highest BCUT2D eigenvalue weighted by Crippen LogP contribution is 2.29. The maximum Gasteiger partial charge on any atom is 0.249 e. The van der Waals surface area contributed by atoms with Crippen molar-refractivity contribution in [2.24, 2.45) is 0 Å². The molecular formula is C19H20ClNO4. The van der Waals surface area contributed by atoms with E-state index in [9.17, 15) is 4.79 Å². The molecule has 0 bridgehead atoms. The van der Waals surface area contributed by atoms with E-state index in [0.29, 0.717) is 29.6 Å². The van der Waals surface area contributed by atoms with Crippen molar-refractivity contribution in [1.29, 1.82) is 0 Å². The predicted octanol–water partition coefficient (Wildman–Crippen LogP) is 3.46. The second kappa shape index (κ2) is 7.76. The van der Waals surface area contributed by atoms with E-state index in [4.69, 9.17) is 25.8 Å². The molecule has 2 aromatic carbocycles. The first-order valence-electron chi connectivity index (χ1n) is 7.96. The molecule has 0 saturated carbocycles. The second-order valence-corrected chi connectivity index (χ2v) is 6.24. The van der Waals surface area contributed by atoms with Crippen LogP contribution in [0.3, 0.4) is 0 Å². The van der Waals surface area contributed by atoms with Crippen LogP contribution >= 0.6 is 11.6 Å². The fourth-order valence-electron chi connectivity index (χ4n) is 2.84. The van der Waals surface area contributed by atoms with Crippen molar-refractivity contribution in [2.45, 2.75) is 12.6 Å². The van der Waals surface area contributed by atoms with Crippen LogP contribution in [0.15, 0.2) is 42.5 Å². The number of hydrogen-bond donors (Lipinski definition) is 0. The van der Waals surface area contributed by atoms with E-state index >= 15 is 0 Å². The van der Waals surface area contributed by atoms with E-state index in [-0.39, 0.29) is 18.6 Å². The van der Waals surface area contributed by atoms with Crippen LogP contribution in [-0.4, -0.2) is 38.2 Å². The lowest BCUT2D eigenvalue weighted by molar-refractivity contribution is -0.150. The Labute approximate surface area is 152 Å². The first kappa shape index (κ1) is 17.6. The summed E-state index contributed by atoms with van der Waals surface area (Å²) >= 11 is 5.94. The molecule has 5 nitrogen and oxygen atoms in total. The molecular weight excluding hydrogens is 342 g/mol. The van der Waals surface area contributed by atoms with Gasteiger partial charge in [0, 0.05) is 23.2 Å². The van der Waals surface area contributed by atoms with Crippen LogP contribution in [-0.2, 0) is 16.1 Å². The van der Waals surface area contributed by atoms with Gasteiger partial charge in [0.2, 0.25) is 5.91 Å². The number of halogens is 1. The Hall–Kier alpha value is -2.24. The van der Waals surface area contributed by atoms with Crippen molar-refractivity contribution >= 4 is 17.5 Å². The van der Waals surface area contributed by atoms with Crippen LogP contribution in [0.5, 0.6) is 11.5 Å². The first-order valence-corrected chi connectivity index (χ1v) is 8.34. The van der Waals surface area contributed by atoms with Gasteiger partial charge in [-0.15, -0.1) is 0 Å². The van der Waals surface area contributed by atoms with Gasteiger partial charge in [0.25, 0.3) is 0 Å². The zero-order valence-electron chi connectivity index (χ0n) is 14.2. The van der Waals surface area contributed by atoms with Gasteiger partial charge in [0.15, 0.2) is 0 Å². The molecule has 2 aromatic rings. The minimum absolute atomic E-state index is 0.0388. The number of morpholine rings is 1. The molecule has 1 aliphatic heterocycles. The highest BCUT2D eigenvalue weighted by molar-refractivity contribution is 6.30. The third-order valence-electron chi connectivity index (χ3n) is 4.24. The quantitative estimate of drug-likeness (QED) is 0.818. The average Bonchev–Trinajstić information content (AvgIpc) is 2.64. The highest BCUT2D eigenvalue weighted by atomic mass is 35.5. The zero-order valence-corrected chi connectivity index (χ0v) is 15.0. The van der Waals surface area contributed by atoms with Crippen molar-refractivity contribution in [3.8, 4) is 11.5 Å². The predicted molar refractivity (Wildman–Crippen MR) is 95.1 cm³/mol. The molecule has 1 saturated heterocycles. The molecule has 1 aliphatic rings. The lowest BCUT2D eigenvalue weighted by atomic mass is 10.1. The first-order chi connectivity index (χ1) is 12.1. The monoisotopic (exact) mass is 361 g/mol. The van der Waals surface area contributed by atoms with E-state index in [0.717, 1.165) is 11.1 Å². The van der Waals surface area contributed by atoms with Gasteiger partial charge in [-0.2, -0.15) is 0 Å². The summed E-state index contributed by atoms with van der Waals surface area (Å²) in [5.41, 5.74) is 1.93. The summed E-state index contributed by atoms with van der Waals surface area (Å²) in [7, 11) is 3.21. The number of carbonyl (C=O) groups is 1. The lowest BCUT2D eigenvalue weighted by Gasteiger charge is -2.33. The molecule has 1 fully saturated rings. The van der Waals surface area contributed by atoms with Crippen molar-refractivity contribution in [1.82, 2.24) is 4.90 Å². The Bertz CT molecular complexity index is 748. The number of methoxy groups -OCH3 is 2. The Morgan fingerprint density at radius 1 is 1.16 bits per heavy atom. The molecule has 25 heavy (non-hydrogen) atoms. The van der Waals surface area contributed by atoms with Crippen LogP contribution in [0.2, 0.25) is 5.02 Å². The summed E-state index contributed by atoms with van der Waals surface area (Å²) in [6.45, 7) is 1.00. The molecule has 3 rings (SSSR count). The summed E-state index contributed by atoms with van der Waals surface area (Å²) < 4.78 is 16.3. The van der Waals surface area contributed by atoms with Gasteiger partial charge in [0.05, 0.1) is 20.8 Å². The normalized spacial score (nSPS) is 17.5. The summed E-state index contributed by atoms with van der Waals surface area (Å²) in [6, 6.07) is 13.1. The summed E-state index contributed by atoms with van der Waals surface area (Å²) in [5.74, 6) is 1.37. The minimum Gasteiger partial charge on any atom is -0.497 e. The van der Waals surface area contributed by atoms with Gasteiger partial charge in [-0.3, -0.25) is 4.79 Å². The maximum atomic E-state index is 12.3. The fraction of sp³-hybridized carbons (Fsp3) is 0.316. The van der Waals surface area contributed by atoms with Crippen LogP contribution in [0.1, 0.15) is 17.2 Å². The van der Waals surface area contributed by atoms with Crippen molar-refractivity contribution in [2.75, 3.05) is 27.4 Å². The number of ether oxygens (including phenoxy) is 3. The molecule has 0 aromatic heterocycles. The van der Waals surface area contributed by atoms with E-state index in [1.54, 1.807) is 19.1 Å². The Kier molecular flexibility index (Phi) is 5.46. The van der Waals surface area contributed by atoms with Crippen LogP contribution in [0, 0.1) is 0 Å². The summed E-state index contributed by atoms with van der Waals surface area (Å²) in [4.78, 5) is 14.1. The number of amides is 1. The van der Waals surface area contributed by atoms with Gasteiger partial charge in [-0.05, 0) is 29.8 Å². The van der Waals surface area contributed by atoms with Crippen molar-refractivity contribution in [3.63, 3.8) is 0 Å². The molecule has 0 aliphatic carbocycles. The van der Waals surface area contributed by atoms with Crippen LogP contribution < -0.4 is 9.47 Å². The molecule has 1 heterocycles. The van der Waals surface area contributed by atoms with Gasteiger partial charge >= 0.3 is 0 Å². The second-order valence-electron chi connectivity index (χ2n) is 5.80. The average molecular weight is 362 g/mol. The van der Waals surface area contributed by atoms with Gasteiger partial charge in [-0.25, -0.2) is 0 Å². The molecule has 6 heteroatoms. The number of carbonyl (C=O) groups excluding carboxylic acids is 1. The fourth-order valence-corrected chi connectivity index (χ4v) is 2.96. The number of hydrogen-bond acceptors (Lipinski definition) is 4. The molecule has 0 spiro atoms. The zero-order chi connectivity index (χ0) is 17.8. The van der Waals surface area contributed by atoms with Gasteiger partial charge in [0.1, 0.15) is 24.2 Å². The summed E-state index contributed by atoms with van der Waals surface area (Å²) in [5, 5.41) is 0.676. The third-order valence-corrected chi connectivity index (χ3v) is 4.50. The Morgan fingerprint density at radius 2 is 1.92 bits per heavy atom. The van der Waals surface area contributed by atoms with Crippen LogP contribution in [0.4, 0.5) is 0 Å². The third kappa shape index (κ3) is 4.06. The van der Waals surface area contributed by atoms with E-state index < -0.39 is 0 Å². The van der Waals surface area contributed by atoms with E-state index in [1.807, 2.05) is 42.5 Å². The summed E-state index contributed by atoms with van der Waals surface area (Å²) in [6.07, 6.45) is -0.167. The molecule has 0 radical (unpaired) electrons. The maximum absolute atomic E-state index is 12.3. The Morgan fingerprint density at radius 3 is 2.60 bits per heavy atom. The smallest absolute Gasteiger partial charge is 0.249 e. The SMILES string of the molecule is COc1ccc(CN2C[C@@H](c3ccc(Cl)cc3)OCC2=O)c(OC)c1. The lowest BCUT2D eigenvalue weighted by Crippen LogP contribution is -2.42.